The fourth-order valence-corrected chi connectivity index (χ4v) is 3.24. The van der Waals surface area contributed by atoms with Crippen molar-refractivity contribution in [3.05, 3.63) is 29.8 Å². The number of carbonyl (C=O) groups excluding carboxylic acids is 1. The molecule has 0 aliphatic carbocycles. The quantitative estimate of drug-likeness (QED) is 0.858. The van der Waals surface area contributed by atoms with Gasteiger partial charge in [0, 0.05) is 18.7 Å². The lowest BCUT2D eigenvalue weighted by atomic mass is 9.97. The fraction of sp³-hybridized carbons (Fsp3) is 0.562. The third-order valence-electron chi connectivity index (χ3n) is 4.16. The van der Waals surface area contributed by atoms with Crippen LogP contribution in [0.5, 0.6) is 5.75 Å². The lowest BCUT2D eigenvalue weighted by molar-refractivity contribution is -0.125. The Labute approximate surface area is 126 Å². The molecule has 2 rings (SSSR count). The number of nitrogens with two attached hydrogens (primary N) is 1. The Morgan fingerprint density at radius 1 is 1.48 bits per heavy atom. The summed E-state index contributed by atoms with van der Waals surface area (Å²) >= 11 is 0. The van der Waals surface area contributed by atoms with Gasteiger partial charge in [-0.2, -0.15) is 0 Å². The van der Waals surface area contributed by atoms with E-state index in [1.165, 1.54) is 0 Å². The van der Waals surface area contributed by atoms with Crippen molar-refractivity contribution in [1.82, 2.24) is 10.2 Å². The molecular weight excluding hydrogens is 266 g/mol. The van der Waals surface area contributed by atoms with Crippen LogP contribution in [0.4, 0.5) is 0 Å². The van der Waals surface area contributed by atoms with Gasteiger partial charge in [-0.3, -0.25) is 9.69 Å². The van der Waals surface area contributed by atoms with Crippen molar-refractivity contribution in [2.24, 2.45) is 5.73 Å². The number of nitrogens with one attached hydrogen (secondary N) is 1. The van der Waals surface area contributed by atoms with Gasteiger partial charge in [0.25, 0.3) is 0 Å². The Kier molecular flexibility index (Phi) is 5.20. The van der Waals surface area contributed by atoms with Crippen LogP contribution >= 0.6 is 0 Å². The number of hydrogen-bond acceptors (Lipinski definition) is 4. The monoisotopic (exact) mass is 291 g/mol. The smallest absolute Gasteiger partial charge is 0.237 e. The summed E-state index contributed by atoms with van der Waals surface area (Å²) in [6.45, 7) is 2.86. The molecular formula is C16H25N3O2. The minimum Gasteiger partial charge on any atom is -0.496 e. The lowest BCUT2D eigenvalue weighted by Crippen LogP contribution is -2.48. The zero-order chi connectivity index (χ0) is 15.4. The van der Waals surface area contributed by atoms with E-state index >= 15 is 0 Å². The van der Waals surface area contributed by atoms with Crippen molar-refractivity contribution in [3.63, 3.8) is 0 Å². The van der Waals surface area contributed by atoms with E-state index in [2.05, 4.69) is 10.2 Å². The number of nitrogens with zero attached hydrogens (tertiary/aromatic N) is 1. The van der Waals surface area contributed by atoms with Crippen LogP contribution < -0.4 is 15.8 Å². The molecule has 1 saturated heterocycles. The molecule has 1 aliphatic rings. The summed E-state index contributed by atoms with van der Waals surface area (Å²) in [7, 11) is 3.35. The highest BCUT2D eigenvalue weighted by atomic mass is 16.5. The van der Waals surface area contributed by atoms with Crippen molar-refractivity contribution in [2.75, 3.05) is 20.7 Å². The van der Waals surface area contributed by atoms with Crippen LogP contribution in [0.1, 0.15) is 31.4 Å². The lowest BCUT2D eigenvalue weighted by Gasteiger charge is -2.35. The predicted octanol–water partition coefficient (Wildman–Crippen LogP) is 1.29. The fourth-order valence-electron chi connectivity index (χ4n) is 3.24. The maximum Gasteiger partial charge on any atom is 0.237 e. The maximum absolute atomic E-state index is 12.1. The summed E-state index contributed by atoms with van der Waals surface area (Å²) in [5.41, 5.74) is 7.29. The summed E-state index contributed by atoms with van der Waals surface area (Å²) in [6, 6.07) is 7.68. The standard InChI is InChI=1S/C16H25N3O2/c1-11(17)15(12-7-4-5-9-14(12)21-3)19-10-6-8-13(19)16(20)18-2/h4-5,7,9,11,13,15H,6,8,10,17H2,1-3H3,(H,18,20). The van der Waals surface area contributed by atoms with Gasteiger partial charge in [-0.15, -0.1) is 0 Å². The molecule has 5 heteroatoms. The molecule has 1 aromatic carbocycles. The maximum atomic E-state index is 12.1. The highest BCUT2D eigenvalue weighted by Crippen LogP contribution is 2.35. The molecule has 116 valence electrons. The van der Waals surface area contributed by atoms with Gasteiger partial charge in [0.1, 0.15) is 5.75 Å². The Balaban J connectivity index is 2.37. The summed E-state index contributed by atoms with van der Waals surface area (Å²) in [5.74, 6) is 0.885. The number of likely N-dealkylation sites (N-methyl/N-ethyl adjacent to an activating group) is 1. The van der Waals surface area contributed by atoms with E-state index < -0.39 is 0 Å². The first-order chi connectivity index (χ1) is 10.1. The zero-order valence-corrected chi connectivity index (χ0v) is 13.0. The van der Waals surface area contributed by atoms with Gasteiger partial charge in [0.05, 0.1) is 19.2 Å². The second-order valence-corrected chi connectivity index (χ2v) is 5.56. The number of para-hydroxylation sites is 1. The van der Waals surface area contributed by atoms with Crippen LogP contribution in [0.15, 0.2) is 24.3 Å². The van der Waals surface area contributed by atoms with E-state index in [9.17, 15) is 4.79 Å². The molecule has 1 heterocycles. The topological polar surface area (TPSA) is 67.6 Å². The summed E-state index contributed by atoms with van der Waals surface area (Å²) in [5, 5.41) is 2.76. The molecule has 21 heavy (non-hydrogen) atoms. The molecule has 0 bridgehead atoms. The molecule has 3 N–H and O–H groups in total. The number of rotatable bonds is 5. The number of likely N-dealkylation sites (tertiary alicyclic amines) is 1. The highest BCUT2D eigenvalue weighted by molar-refractivity contribution is 5.81. The Morgan fingerprint density at radius 3 is 2.81 bits per heavy atom. The second kappa shape index (κ2) is 6.91. The van der Waals surface area contributed by atoms with Gasteiger partial charge < -0.3 is 15.8 Å². The number of ether oxygens (including phenoxy) is 1. The number of benzene rings is 1. The second-order valence-electron chi connectivity index (χ2n) is 5.56. The molecule has 5 nitrogen and oxygen atoms in total. The number of hydrogen-bond donors (Lipinski definition) is 2. The van der Waals surface area contributed by atoms with Gasteiger partial charge in [-0.25, -0.2) is 0 Å². The third-order valence-corrected chi connectivity index (χ3v) is 4.16. The van der Waals surface area contributed by atoms with E-state index in [4.69, 9.17) is 10.5 Å². The first-order valence-corrected chi connectivity index (χ1v) is 7.46. The molecule has 1 fully saturated rings. The normalized spacial score (nSPS) is 21.8. The van der Waals surface area contributed by atoms with Crippen molar-refractivity contribution < 1.29 is 9.53 Å². The van der Waals surface area contributed by atoms with Gasteiger partial charge >= 0.3 is 0 Å². The number of methoxy groups -OCH3 is 1. The van der Waals surface area contributed by atoms with Crippen LogP contribution in [-0.4, -0.2) is 43.6 Å². The highest BCUT2D eigenvalue weighted by Gasteiger charge is 2.38. The third kappa shape index (κ3) is 3.19. The van der Waals surface area contributed by atoms with E-state index in [-0.39, 0.29) is 24.0 Å². The van der Waals surface area contributed by atoms with Gasteiger partial charge in [-0.05, 0) is 32.4 Å². The largest absolute Gasteiger partial charge is 0.496 e. The first-order valence-electron chi connectivity index (χ1n) is 7.46. The Bertz CT molecular complexity index is 490. The number of carbonyl (C=O) groups is 1. The number of amides is 1. The Hall–Kier alpha value is -1.59. The predicted molar refractivity (Wildman–Crippen MR) is 83.2 cm³/mol. The molecule has 0 radical (unpaired) electrons. The van der Waals surface area contributed by atoms with Crippen molar-refractivity contribution in [3.8, 4) is 5.75 Å². The molecule has 0 saturated carbocycles. The van der Waals surface area contributed by atoms with Gasteiger partial charge in [0.15, 0.2) is 0 Å². The van der Waals surface area contributed by atoms with Crippen molar-refractivity contribution in [2.45, 2.75) is 37.9 Å². The minimum absolute atomic E-state index is 0.0223. The molecule has 3 atom stereocenters. The van der Waals surface area contributed by atoms with Gasteiger partial charge in [-0.1, -0.05) is 18.2 Å². The first kappa shape index (κ1) is 15.8. The summed E-state index contributed by atoms with van der Waals surface area (Å²) < 4.78 is 5.48. The van der Waals surface area contributed by atoms with E-state index in [1.807, 2.05) is 31.2 Å². The van der Waals surface area contributed by atoms with E-state index in [1.54, 1.807) is 14.2 Å². The summed E-state index contributed by atoms with van der Waals surface area (Å²) in [6.07, 6.45) is 1.88. The molecule has 3 unspecified atom stereocenters. The molecule has 1 aromatic rings. The Morgan fingerprint density at radius 2 is 2.19 bits per heavy atom. The van der Waals surface area contributed by atoms with Crippen LogP contribution in [0, 0.1) is 0 Å². The average molecular weight is 291 g/mol. The van der Waals surface area contributed by atoms with E-state index in [0.29, 0.717) is 0 Å². The molecule has 0 spiro atoms. The molecule has 1 amide bonds. The average Bonchev–Trinajstić information content (AvgIpc) is 2.96. The summed E-state index contributed by atoms with van der Waals surface area (Å²) in [4.78, 5) is 14.3. The molecule has 0 aromatic heterocycles. The van der Waals surface area contributed by atoms with Crippen LogP contribution in [0.25, 0.3) is 0 Å². The van der Waals surface area contributed by atoms with E-state index in [0.717, 1.165) is 30.7 Å². The van der Waals surface area contributed by atoms with Gasteiger partial charge in [0.2, 0.25) is 5.91 Å². The van der Waals surface area contributed by atoms with Crippen molar-refractivity contribution in [1.29, 1.82) is 0 Å². The zero-order valence-electron chi connectivity index (χ0n) is 13.0. The SMILES string of the molecule is CNC(=O)C1CCCN1C(c1ccccc1OC)C(C)N. The van der Waals surface area contributed by atoms with Crippen molar-refractivity contribution >= 4 is 5.91 Å². The van der Waals surface area contributed by atoms with Crippen LogP contribution in [0.3, 0.4) is 0 Å². The minimum atomic E-state index is -0.115. The molecule has 1 aliphatic heterocycles. The van der Waals surface area contributed by atoms with Crippen LogP contribution in [-0.2, 0) is 4.79 Å². The van der Waals surface area contributed by atoms with Crippen LogP contribution in [0.2, 0.25) is 0 Å².